The van der Waals surface area contributed by atoms with E-state index >= 15 is 0 Å². The number of benzene rings is 1. The zero-order valence-electron chi connectivity index (χ0n) is 13.9. The Hall–Kier alpha value is -2.21. The normalized spacial score (nSPS) is 13.7. The van der Waals surface area contributed by atoms with Gasteiger partial charge in [-0.3, -0.25) is 4.68 Å². The zero-order valence-corrected chi connectivity index (χ0v) is 13.9. The quantitative estimate of drug-likeness (QED) is 0.913. The van der Waals surface area contributed by atoms with E-state index in [4.69, 9.17) is 14.6 Å². The molecule has 0 radical (unpaired) electrons. The number of aliphatic hydroxyl groups is 1. The highest BCUT2D eigenvalue weighted by molar-refractivity contribution is 5.63. The molecule has 2 heterocycles. The summed E-state index contributed by atoms with van der Waals surface area (Å²) in [5.74, 6) is 1.71. The first-order valence-corrected chi connectivity index (χ1v) is 7.83. The van der Waals surface area contributed by atoms with Crippen molar-refractivity contribution < 1.29 is 14.6 Å². The van der Waals surface area contributed by atoms with Gasteiger partial charge >= 0.3 is 0 Å². The molecule has 1 aliphatic heterocycles. The van der Waals surface area contributed by atoms with E-state index < -0.39 is 0 Å². The third-order valence-electron chi connectivity index (χ3n) is 4.32. The highest BCUT2D eigenvalue weighted by Gasteiger charge is 2.22. The predicted octanol–water partition coefficient (Wildman–Crippen LogP) is 1.90. The lowest BCUT2D eigenvalue weighted by Gasteiger charge is -2.31. The number of aryl methyl sites for hydroxylation is 1. The second kappa shape index (κ2) is 6.50. The van der Waals surface area contributed by atoms with Crippen molar-refractivity contribution in [3.05, 3.63) is 35.2 Å². The molecule has 1 N–H and O–H groups in total. The minimum absolute atomic E-state index is 0.0962. The smallest absolute Gasteiger partial charge is 0.142 e. The largest absolute Gasteiger partial charge is 0.497 e. The number of hydrogen-bond donors (Lipinski definition) is 1. The molecule has 3 rings (SSSR count). The van der Waals surface area contributed by atoms with Gasteiger partial charge in [0.05, 0.1) is 38.2 Å². The van der Waals surface area contributed by atoms with Crippen LogP contribution in [0.5, 0.6) is 11.5 Å². The lowest BCUT2D eigenvalue weighted by atomic mass is 10.1. The third kappa shape index (κ3) is 2.99. The van der Waals surface area contributed by atoms with Gasteiger partial charge in [-0.15, -0.1) is 0 Å². The summed E-state index contributed by atoms with van der Waals surface area (Å²) in [4.78, 5) is 2.29. The number of hydrogen-bond acceptors (Lipinski definition) is 5. The summed E-state index contributed by atoms with van der Waals surface area (Å²) in [6.07, 6.45) is 0. The van der Waals surface area contributed by atoms with E-state index in [0.717, 1.165) is 41.7 Å². The van der Waals surface area contributed by atoms with Gasteiger partial charge in [0, 0.05) is 23.9 Å². The minimum atomic E-state index is 0.0962. The third-order valence-corrected chi connectivity index (χ3v) is 4.32. The first-order chi connectivity index (χ1) is 11.1. The maximum atomic E-state index is 9.15. The van der Waals surface area contributed by atoms with Crippen LogP contribution in [0.2, 0.25) is 0 Å². The highest BCUT2D eigenvalue weighted by atomic mass is 16.5. The fraction of sp³-hybridized carbons (Fsp3) is 0.471. The van der Waals surface area contributed by atoms with Gasteiger partial charge in [0.2, 0.25) is 0 Å². The molecular formula is C17H23N3O3. The number of rotatable bonds is 5. The van der Waals surface area contributed by atoms with Gasteiger partial charge in [0.15, 0.2) is 0 Å². The topological polar surface area (TPSA) is 59.8 Å². The molecule has 0 atom stereocenters. The van der Waals surface area contributed by atoms with E-state index in [0.29, 0.717) is 13.2 Å². The fourth-order valence-electron chi connectivity index (χ4n) is 3.01. The average Bonchev–Trinajstić information content (AvgIpc) is 2.82. The van der Waals surface area contributed by atoms with Gasteiger partial charge in [-0.1, -0.05) is 0 Å². The van der Waals surface area contributed by atoms with Crippen molar-refractivity contribution in [2.24, 2.45) is 0 Å². The Bertz CT molecular complexity index is 697. The molecule has 1 aromatic carbocycles. The Morgan fingerprint density at radius 1 is 1.35 bits per heavy atom. The first kappa shape index (κ1) is 15.7. The lowest BCUT2D eigenvalue weighted by molar-refractivity contribution is 0.267. The molecule has 23 heavy (non-hydrogen) atoms. The molecule has 2 aromatic rings. The molecule has 6 heteroatoms. The summed E-state index contributed by atoms with van der Waals surface area (Å²) in [6.45, 7) is 6.96. The van der Waals surface area contributed by atoms with Gasteiger partial charge in [-0.2, -0.15) is 5.10 Å². The number of anilines is 1. The summed E-state index contributed by atoms with van der Waals surface area (Å²) in [5, 5.41) is 13.7. The molecule has 0 saturated heterocycles. The Kier molecular flexibility index (Phi) is 4.43. The molecule has 1 aromatic heterocycles. The lowest BCUT2D eigenvalue weighted by Crippen LogP contribution is -2.32. The van der Waals surface area contributed by atoms with E-state index in [1.54, 1.807) is 7.11 Å². The van der Waals surface area contributed by atoms with Crippen LogP contribution in [0.1, 0.15) is 17.0 Å². The number of aliphatic hydroxyl groups excluding tert-OH is 1. The number of aromatic nitrogens is 2. The summed E-state index contributed by atoms with van der Waals surface area (Å²) >= 11 is 0. The molecule has 0 fully saturated rings. The van der Waals surface area contributed by atoms with Crippen LogP contribution in [0.3, 0.4) is 0 Å². The minimum Gasteiger partial charge on any atom is -0.497 e. The molecule has 1 aliphatic rings. The average molecular weight is 317 g/mol. The van der Waals surface area contributed by atoms with E-state index in [1.165, 1.54) is 5.56 Å². The number of ether oxygens (including phenoxy) is 2. The summed E-state index contributed by atoms with van der Waals surface area (Å²) in [7, 11) is 1.67. The zero-order chi connectivity index (χ0) is 16.4. The van der Waals surface area contributed by atoms with E-state index in [2.05, 4.69) is 16.9 Å². The van der Waals surface area contributed by atoms with E-state index in [9.17, 15) is 0 Å². The molecule has 0 bridgehead atoms. The van der Waals surface area contributed by atoms with Crippen molar-refractivity contribution in [3.8, 4) is 11.5 Å². The summed E-state index contributed by atoms with van der Waals surface area (Å²) < 4.78 is 13.0. The van der Waals surface area contributed by atoms with Gasteiger partial charge in [0.1, 0.15) is 18.1 Å². The first-order valence-electron chi connectivity index (χ1n) is 7.83. The van der Waals surface area contributed by atoms with Gasteiger partial charge in [0.25, 0.3) is 0 Å². The van der Waals surface area contributed by atoms with Crippen LogP contribution >= 0.6 is 0 Å². The van der Waals surface area contributed by atoms with Crippen LogP contribution in [0.15, 0.2) is 18.2 Å². The van der Waals surface area contributed by atoms with Crippen molar-refractivity contribution in [2.45, 2.75) is 26.9 Å². The number of fused-ring (bicyclic) bond motifs is 1. The van der Waals surface area contributed by atoms with Gasteiger partial charge in [-0.25, -0.2) is 0 Å². The van der Waals surface area contributed by atoms with Crippen LogP contribution in [-0.2, 0) is 13.1 Å². The molecule has 0 spiro atoms. The van der Waals surface area contributed by atoms with Crippen molar-refractivity contribution in [2.75, 3.05) is 31.8 Å². The van der Waals surface area contributed by atoms with Crippen molar-refractivity contribution in [3.63, 3.8) is 0 Å². The maximum Gasteiger partial charge on any atom is 0.142 e. The molecule has 124 valence electrons. The molecule has 0 amide bonds. The van der Waals surface area contributed by atoms with Crippen LogP contribution in [-0.4, -0.2) is 41.8 Å². The second-order valence-electron chi connectivity index (χ2n) is 5.70. The molecule has 0 unspecified atom stereocenters. The van der Waals surface area contributed by atoms with E-state index in [-0.39, 0.29) is 6.61 Å². The van der Waals surface area contributed by atoms with E-state index in [1.807, 2.05) is 29.8 Å². The van der Waals surface area contributed by atoms with Crippen molar-refractivity contribution in [1.82, 2.24) is 9.78 Å². The number of methoxy groups -OCH3 is 1. The second-order valence-corrected chi connectivity index (χ2v) is 5.70. The fourth-order valence-corrected chi connectivity index (χ4v) is 3.01. The maximum absolute atomic E-state index is 9.15. The van der Waals surface area contributed by atoms with Crippen LogP contribution in [0.4, 0.5) is 5.69 Å². The molecule has 6 nitrogen and oxygen atoms in total. The number of nitrogens with zero attached hydrogens (tertiary/aromatic N) is 3. The predicted molar refractivity (Wildman–Crippen MR) is 88.3 cm³/mol. The van der Waals surface area contributed by atoms with Gasteiger partial charge in [-0.05, 0) is 26.0 Å². The summed E-state index contributed by atoms with van der Waals surface area (Å²) in [6, 6.07) is 5.88. The van der Waals surface area contributed by atoms with Gasteiger partial charge < -0.3 is 19.5 Å². The molecule has 0 saturated carbocycles. The summed E-state index contributed by atoms with van der Waals surface area (Å²) in [5.41, 5.74) is 4.36. The monoisotopic (exact) mass is 317 g/mol. The van der Waals surface area contributed by atoms with Crippen LogP contribution in [0, 0.1) is 13.8 Å². The van der Waals surface area contributed by atoms with Crippen molar-refractivity contribution >= 4 is 5.69 Å². The Labute approximate surface area is 136 Å². The molecule has 0 aliphatic carbocycles. The standard InChI is InChI=1S/C17H23N3O3/c1-12-15(13(2)20(18-12)6-8-21)11-19-7-9-23-17-5-4-14(22-3)10-16(17)19/h4-5,10,21H,6-9,11H2,1-3H3. The Balaban J connectivity index is 1.90. The van der Waals surface area contributed by atoms with Crippen LogP contribution < -0.4 is 14.4 Å². The SMILES string of the molecule is COc1ccc2c(c1)N(Cc1c(C)nn(CCO)c1C)CCO2. The Morgan fingerprint density at radius 2 is 2.17 bits per heavy atom. The van der Waals surface area contributed by atoms with Crippen molar-refractivity contribution in [1.29, 1.82) is 0 Å². The molecular weight excluding hydrogens is 294 g/mol. The van der Waals surface area contributed by atoms with Crippen LogP contribution in [0.25, 0.3) is 0 Å². The Morgan fingerprint density at radius 3 is 2.91 bits per heavy atom. The highest BCUT2D eigenvalue weighted by Crippen LogP contribution is 2.36.